The number of methoxy groups -OCH3 is 1. The fourth-order valence-corrected chi connectivity index (χ4v) is 3.61. The molecule has 6 heteroatoms. The van der Waals surface area contributed by atoms with E-state index in [1.165, 1.54) is 16.9 Å². The number of aromatic nitrogens is 1. The summed E-state index contributed by atoms with van der Waals surface area (Å²) in [5.74, 6) is 0.00514. The fourth-order valence-electron chi connectivity index (χ4n) is 2.87. The third kappa shape index (κ3) is 3.60. The van der Waals surface area contributed by atoms with Crippen LogP contribution in [0.3, 0.4) is 0 Å². The van der Waals surface area contributed by atoms with Gasteiger partial charge in [-0.1, -0.05) is 30.3 Å². The van der Waals surface area contributed by atoms with Crippen LogP contribution >= 0.6 is 11.3 Å². The van der Waals surface area contributed by atoms with Crippen molar-refractivity contribution in [3.63, 3.8) is 0 Å². The molecule has 1 aromatic carbocycles. The zero-order chi connectivity index (χ0) is 16.2. The molecule has 0 spiro atoms. The van der Waals surface area contributed by atoms with Gasteiger partial charge in [0.25, 0.3) is 5.91 Å². The molecule has 3 rings (SSSR count). The van der Waals surface area contributed by atoms with Gasteiger partial charge in [0.2, 0.25) is 0 Å². The number of carbonyl (C=O) groups excluding carboxylic acids is 1. The van der Waals surface area contributed by atoms with Gasteiger partial charge in [-0.2, -0.15) is 0 Å². The van der Waals surface area contributed by atoms with Crippen molar-refractivity contribution in [1.29, 1.82) is 0 Å². The van der Waals surface area contributed by atoms with Crippen molar-refractivity contribution < 1.29 is 9.53 Å². The second-order valence-electron chi connectivity index (χ2n) is 5.75. The first-order chi connectivity index (χ1) is 11.2. The zero-order valence-corrected chi connectivity index (χ0v) is 14.3. The Morgan fingerprint density at radius 1 is 1.35 bits per heavy atom. The summed E-state index contributed by atoms with van der Waals surface area (Å²) in [6.07, 6.45) is 0. The van der Waals surface area contributed by atoms with Crippen molar-refractivity contribution in [3.8, 4) is 0 Å². The van der Waals surface area contributed by atoms with E-state index >= 15 is 0 Å². The molecular formula is C17H21N3O2S. The Bertz CT molecular complexity index is 659. The minimum absolute atomic E-state index is 0.00514. The standard InChI is InChI=1S/C17H21N3O2S/c1-19-8-9-20(15(10-19)13-6-4-3-5-7-13)17(21)14-12-23-16(18-14)11-22-2/h3-7,12,15H,8-11H2,1-2H3/t15-/m1/s1. The highest BCUT2D eigenvalue weighted by molar-refractivity contribution is 7.09. The Balaban J connectivity index is 1.84. The smallest absolute Gasteiger partial charge is 0.273 e. The topological polar surface area (TPSA) is 45.7 Å². The second-order valence-corrected chi connectivity index (χ2v) is 6.69. The Morgan fingerprint density at radius 3 is 2.87 bits per heavy atom. The highest BCUT2D eigenvalue weighted by atomic mass is 32.1. The molecule has 0 bridgehead atoms. The number of benzene rings is 1. The number of carbonyl (C=O) groups is 1. The molecular weight excluding hydrogens is 310 g/mol. The average molecular weight is 331 g/mol. The van der Waals surface area contributed by atoms with Crippen LogP contribution in [0.25, 0.3) is 0 Å². The summed E-state index contributed by atoms with van der Waals surface area (Å²) >= 11 is 1.47. The molecule has 1 aliphatic rings. The van der Waals surface area contributed by atoms with Crippen molar-refractivity contribution in [2.24, 2.45) is 0 Å². The van der Waals surface area contributed by atoms with Crippen LogP contribution in [-0.4, -0.2) is 54.5 Å². The molecule has 2 aromatic rings. The molecule has 1 saturated heterocycles. The lowest BCUT2D eigenvalue weighted by molar-refractivity contribution is 0.0492. The summed E-state index contributed by atoms with van der Waals surface area (Å²) in [7, 11) is 3.73. The predicted octanol–water partition coefficient (Wildman–Crippen LogP) is 2.42. The lowest BCUT2D eigenvalue weighted by Gasteiger charge is -2.40. The normalized spacial score (nSPS) is 19.0. The van der Waals surface area contributed by atoms with E-state index in [1.54, 1.807) is 7.11 Å². The van der Waals surface area contributed by atoms with Gasteiger partial charge in [0.15, 0.2) is 0 Å². The zero-order valence-electron chi connectivity index (χ0n) is 13.4. The van der Waals surface area contributed by atoms with Crippen molar-refractivity contribution in [2.75, 3.05) is 33.8 Å². The maximum atomic E-state index is 12.9. The minimum Gasteiger partial charge on any atom is -0.378 e. The summed E-state index contributed by atoms with van der Waals surface area (Å²) in [6.45, 7) is 2.88. The van der Waals surface area contributed by atoms with Gasteiger partial charge >= 0.3 is 0 Å². The van der Waals surface area contributed by atoms with Gasteiger partial charge in [-0.25, -0.2) is 4.98 Å². The molecule has 23 heavy (non-hydrogen) atoms. The van der Waals surface area contributed by atoms with Crippen molar-refractivity contribution in [3.05, 3.63) is 52.0 Å². The van der Waals surface area contributed by atoms with Crippen molar-refractivity contribution in [1.82, 2.24) is 14.8 Å². The number of likely N-dealkylation sites (N-methyl/N-ethyl adjacent to an activating group) is 1. The van der Waals surface area contributed by atoms with Crippen LogP contribution < -0.4 is 0 Å². The first-order valence-electron chi connectivity index (χ1n) is 7.67. The molecule has 0 saturated carbocycles. The van der Waals surface area contributed by atoms with Crippen LogP contribution in [0.2, 0.25) is 0 Å². The molecule has 2 heterocycles. The molecule has 122 valence electrons. The molecule has 1 fully saturated rings. The number of ether oxygens (including phenoxy) is 1. The molecule has 1 amide bonds. The van der Waals surface area contributed by atoms with Crippen LogP contribution in [0.4, 0.5) is 0 Å². The van der Waals surface area contributed by atoms with Gasteiger partial charge in [0.1, 0.15) is 10.7 Å². The molecule has 1 atom stereocenters. The molecule has 1 aromatic heterocycles. The van der Waals surface area contributed by atoms with E-state index in [-0.39, 0.29) is 11.9 Å². The number of amides is 1. The number of nitrogens with zero attached hydrogens (tertiary/aromatic N) is 3. The van der Waals surface area contributed by atoms with Gasteiger partial charge < -0.3 is 14.5 Å². The van der Waals surface area contributed by atoms with Gasteiger partial charge in [0.05, 0.1) is 12.6 Å². The molecule has 0 unspecified atom stereocenters. The van der Waals surface area contributed by atoms with Crippen LogP contribution in [0, 0.1) is 0 Å². The SMILES string of the molecule is COCc1nc(C(=O)N2CCN(C)C[C@@H]2c2ccccc2)cs1. The van der Waals surface area contributed by atoms with E-state index in [0.717, 1.165) is 18.1 Å². The summed E-state index contributed by atoms with van der Waals surface area (Å²) in [5, 5.41) is 2.66. The Hall–Kier alpha value is -1.76. The summed E-state index contributed by atoms with van der Waals surface area (Å²) in [6, 6.07) is 10.3. The van der Waals surface area contributed by atoms with Crippen LogP contribution in [0.15, 0.2) is 35.7 Å². The molecule has 0 N–H and O–H groups in total. The van der Waals surface area contributed by atoms with E-state index in [9.17, 15) is 4.79 Å². The van der Waals surface area contributed by atoms with E-state index < -0.39 is 0 Å². The highest BCUT2D eigenvalue weighted by Gasteiger charge is 2.31. The summed E-state index contributed by atoms with van der Waals surface area (Å²) in [5.41, 5.74) is 1.69. The Kier molecular flexibility index (Phi) is 5.05. The molecule has 1 aliphatic heterocycles. The maximum Gasteiger partial charge on any atom is 0.273 e. The van der Waals surface area contributed by atoms with Crippen LogP contribution in [0.1, 0.15) is 27.1 Å². The third-order valence-electron chi connectivity index (χ3n) is 4.07. The highest BCUT2D eigenvalue weighted by Crippen LogP contribution is 2.27. The van der Waals surface area contributed by atoms with E-state index in [0.29, 0.717) is 18.8 Å². The lowest BCUT2D eigenvalue weighted by atomic mass is 10.0. The monoisotopic (exact) mass is 331 g/mol. The van der Waals surface area contributed by atoms with Crippen molar-refractivity contribution >= 4 is 17.2 Å². The number of rotatable bonds is 4. The summed E-state index contributed by atoms with van der Waals surface area (Å²) < 4.78 is 5.09. The minimum atomic E-state index is 0.00514. The van der Waals surface area contributed by atoms with E-state index in [2.05, 4.69) is 29.1 Å². The average Bonchev–Trinajstić information content (AvgIpc) is 3.04. The first-order valence-corrected chi connectivity index (χ1v) is 8.55. The number of hydrogen-bond acceptors (Lipinski definition) is 5. The predicted molar refractivity (Wildman–Crippen MR) is 90.5 cm³/mol. The lowest BCUT2D eigenvalue weighted by Crippen LogP contribution is -2.49. The largest absolute Gasteiger partial charge is 0.378 e. The maximum absolute atomic E-state index is 12.9. The van der Waals surface area contributed by atoms with Gasteiger partial charge in [-0.15, -0.1) is 11.3 Å². The van der Waals surface area contributed by atoms with Crippen LogP contribution in [-0.2, 0) is 11.3 Å². The van der Waals surface area contributed by atoms with E-state index in [1.807, 2.05) is 28.5 Å². The molecule has 5 nitrogen and oxygen atoms in total. The molecule has 0 radical (unpaired) electrons. The first kappa shape index (κ1) is 16.1. The van der Waals surface area contributed by atoms with E-state index in [4.69, 9.17) is 4.74 Å². The third-order valence-corrected chi connectivity index (χ3v) is 4.89. The number of thiazole rings is 1. The number of piperazine rings is 1. The van der Waals surface area contributed by atoms with Crippen molar-refractivity contribution in [2.45, 2.75) is 12.6 Å². The fraction of sp³-hybridized carbons (Fsp3) is 0.412. The second kappa shape index (κ2) is 7.21. The Labute approximate surface area is 140 Å². The summed E-state index contributed by atoms with van der Waals surface area (Å²) in [4.78, 5) is 21.5. The van der Waals surface area contributed by atoms with Gasteiger partial charge in [-0.3, -0.25) is 4.79 Å². The Morgan fingerprint density at radius 2 is 2.13 bits per heavy atom. The van der Waals surface area contributed by atoms with Gasteiger partial charge in [-0.05, 0) is 12.6 Å². The quantitative estimate of drug-likeness (QED) is 0.863. The van der Waals surface area contributed by atoms with Crippen LogP contribution in [0.5, 0.6) is 0 Å². The van der Waals surface area contributed by atoms with Gasteiger partial charge in [0, 0.05) is 32.1 Å². The number of hydrogen-bond donors (Lipinski definition) is 0. The molecule has 0 aliphatic carbocycles.